The van der Waals surface area contributed by atoms with Crippen molar-refractivity contribution >= 4 is 29.5 Å². The fourth-order valence-corrected chi connectivity index (χ4v) is 3.90. The summed E-state index contributed by atoms with van der Waals surface area (Å²) in [6, 6.07) is 7.68. The van der Waals surface area contributed by atoms with Gasteiger partial charge in [-0.15, -0.1) is 10.2 Å². The van der Waals surface area contributed by atoms with Gasteiger partial charge in [0.25, 0.3) is 0 Å². The highest BCUT2D eigenvalue weighted by Gasteiger charge is 2.23. The molecule has 0 radical (unpaired) electrons. The van der Waals surface area contributed by atoms with Crippen LogP contribution in [0.3, 0.4) is 0 Å². The zero-order valence-electron chi connectivity index (χ0n) is 16.7. The van der Waals surface area contributed by atoms with Crippen LogP contribution in [-0.2, 0) is 9.59 Å². The fraction of sp³-hybridized carbons (Fsp3) is 0.474. The van der Waals surface area contributed by atoms with Gasteiger partial charge in [0.05, 0.1) is 25.1 Å². The maximum absolute atomic E-state index is 12.1. The molecule has 1 aromatic heterocycles. The van der Waals surface area contributed by atoms with Crippen molar-refractivity contribution in [3.63, 3.8) is 0 Å². The molecule has 2 aromatic rings. The van der Waals surface area contributed by atoms with Crippen molar-refractivity contribution in [1.82, 2.24) is 25.4 Å². The van der Waals surface area contributed by atoms with Crippen LogP contribution in [0.25, 0.3) is 5.69 Å². The van der Waals surface area contributed by atoms with E-state index in [1.54, 1.807) is 7.11 Å². The molecule has 2 amide bonds. The number of likely N-dealkylation sites (N-methyl/N-ethyl adjacent to an activating group) is 1. The normalized spacial score (nSPS) is 13.8. The molecule has 1 fully saturated rings. The number of thioether (sulfide) groups is 1. The second-order valence-corrected chi connectivity index (χ2v) is 7.52. The molecule has 29 heavy (non-hydrogen) atoms. The van der Waals surface area contributed by atoms with E-state index in [9.17, 15) is 9.59 Å². The molecule has 0 atom stereocenters. The summed E-state index contributed by atoms with van der Waals surface area (Å²) >= 11 is 1.28. The maximum Gasteiger partial charge on any atom is 0.239 e. The minimum Gasteiger partial charge on any atom is -0.495 e. The first-order valence-electron chi connectivity index (χ1n) is 9.58. The number of methoxy groups -OCH3 is 1. The fourth-order valence-electron chi connectivity index (χ4n) is 3.13. The van der Waals surface area contributed by atoms with Gasteiger partial charge in [0.15, 0.2) is 5.16 Å². The zero-order chi connectivity index (χ0) is 20.6. The summed E-state index contributed by atoms with van der Waals surface area (Å²) in [7, 11) is 3.16. The van der Waals surface area contributed by atoms with Gasteiger partial charge in [-0.05, 0) is 31.4 Å². The van der Waals surface area contributed by atoms with Gasteiger partial charge in [0.2, 0.25) is 17.8 Å². The Balaban J connectivity index is 1.84. The molecule has 156 valence electrons. The van der Waals surface area contributed by atoms with Crippen LogP contribution >= 0.6 is 11.8 Å². The molecule has 10 heteroatoms. The summed E-state index contributed by atoms with van der Waals surface area (Å²) in [6.07, 6.45) is 3.44. The van der Waals surface area contributed by atoms with E-state index in [4.69, 9.17) is 4.74 Å². The van der Waals surface area contributed by atoms with Gasteiger partial charge in [-0.1, -0.05) is 23.9 Å². The van der Waals surface area contributed by atoms with Gasteiger partial charge in [-0.2, -0.15) is 0 Å². The molecular weight excluding hydrogens is 392 g/mol. The number of carbonyl (C=O) groups excluding carboxylic acids is 2. The number of carbonyl (C=O) groups is 2. The van der Waals surface area contributed by atoms with E-state index in [0.29, 0.717) is 10.9 Å². The summed E-state index contributed by atoms with van der Waals surface area (Å²) < 4.78 is 7.49. The largest absolute Gasteiger partial charge is 0.495 e. The van der Waals surface area contributed by atoms with E-state index in [2.05, 4.69) is 25.7 Å². The van der Waals surface area contributed by atoms with Crippen molar-refractivity contribution in [1.29, 1.82) is 0 Å². The summed E-state index contributed by atoms with van der Waals surface area (Å²) in [5.74, 6) is 1.10. The molecule has 9 nitrogen and oxygen atoms in total. The average molecular weight is 419 g/mol. The van der Waals surface area contributed by atoms with Gasteiger partial charge in [-0.25, -0.2) is 0 Å². The second kappa shape index (κ2) is 10.1. The van der Waals surface area contributed by atoms with Crippen molar-refractivity contribution in [3.05, 3.63) is 24.3 Å². The predicted octanol–water partition coefficient (Wildman–Crippen LogP) is 1.22. The third kappa shape index (κ3) is 5.20. The van der Waals surface area contributed by atoms with Crippen LogP contribution in [0.4, 0.5) is 5.95 Å². The SMILES string of the molecule is CNC(=O)CNC(=O)CSc1nnc(N2CCCCC2)n1-c1ccccc1OC. The number of anilines is 1. The average Bonchev–Trinajstić information content (AvgIpc) is 3.20. The van der Waals surface area contributed by atoms with Gasteiger partial charge in [0.1, 0.15) is 5.75 Å². The topological polar surface area (TPSA) is 101 Å². The van der Waals surface area contributed by atoms with Crippen LogP contribution in [-0.4, -0.2) is 66.1 Å². The molecule has 0 saturated carbocycles. The van der Waals surface area contributed by atoms with Crippen molar-refractivity contribution < 1.29 is 14.3 Å². The number of para-hydroxylation sites is 2. The number of piperidine rings is 1. The lowest BCUT2D eigenvalue weighted by Crippen LogP contribution is -2.36. The van der Waals surface area contributed by atoms with Crippen LogP contribution in [0.1, 0.15) is 19.3 Å². The highest BCUT2D eigenvalue weighted by Crippen LogP contribution is 2.32. The van der Waals surface area contributed by atoms with Gasteiger partial charge in [-0.3, -0.25) is 14.2 Å². The van der Waals surface area contributed by atoms with E-state index in [0.717, 1.165) is 37.6 Å². The minimum absolute atomic E-state index is 0.0475. The Morgan fingerprint density at radius 3 is 2.62 bits per heavy atom. The molecule has 1 aromatic carbocycles. The number of benzene rings is 1. The molecule has 0 unspecified atom stereocenters. The molecule has 1 saturated heterocycles. The first kappa shape index (κ1) is 21.0. The molecule has 0 bridgehead atoms. The van der Waals surface area contributed by atoms with Crippen LogP contribution in [0, 0.1) is 0 Å². The van der Waals surface area contributed by atoms with Gasteiger partial charge in [0, 0.05) is 20.1 Å². The van der Waals surface area contributed by atoms with Gasteiger partial charge >= 0.3 is 0 Å². The molecule has 3 rings (SSSR count). The molecule has 2 N–H and O–H groups in total. The molecule has 0 spiro atoms. The third-order valence-electron chi connectivity index (χ3n) is 4.64. The van der Waals surface area contributed by atoms with E-state index in [1.165, 1.54) is 25.2 Å². The zero-order valence-corrected chi connectivity index (χ0v) is 17.5. The highest BCUT2D eigenvalue weighted by atomic mass is 32.2. The lowest BCUT2D eigenvalue weighted by Gasteiger charge is -2.28. The summed E-state index contributed by atoms with van der Waals surface area (Å²) in [6.45, 7) is 1.79. The standard InChI is InChI=1S/C19H26N6O3S/c1-20-16(26)12-21-17(27)13-29-19-23-22-18(24-10-6-3-7-11-24)25(19)14-8-4-5-9-15(14)28-2/h4-5,8-9H,3,6-7,10-13H2,1-2H3,(H,20,26)(H,21,27). The number of aromatic nitrogens is 3. The lowest BCUT2D eigenvalue weighted by atomic mass is 10.1. The van der Waals surface area contributed by atoms with Crippen molar-refractivity contribution in [3.8, 4) is 11.4 Å². The third-order valence-corrected chi connectivity index (χ3v) is 5.57. The minimum atomic E-state index is -0.243. The van der Waals surface area contributed by atoms with E-state index in [1.807, 2.05) is 28.8 Å². The Morgan fingerprint density at radius 1 is 1.14 bits per heavy atom. The predicted molar refractivity (Wildman–Crippen MR) is 112 cm³/mol. The number of rotatable bonds is 8. The molecular formula is C19H26N6O3S. The first-order chi connectivity index (χ1) is 14.1. The number of ether oxygens (including phenoxy) is 1. The smallest absolute Gasteiger partial charge is 0.239 e. The second-order valence-electron chi connectivity index (χ2n) is 6.58. The Kier molecular flexibility index (Phi) is 7.34. The van der Waals surface area contributed by atoms with Crippen molar-refractivity contribution in [2.45, 2.75) is 24.4 Å². The monoisotopic (exact) mass is 418 g/mol. The molecule has 1 aliphatic heterocycles. The summed E-state index contributed by atoms with van der Waals surface area (Å²) in [5, 5.41) is 14.4. The number of hydrogen-bond acceptors (Lipinski definition) is 7. The summed E-state index contributed by atoms with van der Waals surface area (Å²) in [4.78, 5) is 25.6. The van der Waals surface area contributed by atoms with Crippen LogP contribution in [0.5, 0.6) is 5.75 Å². The quantitative estimate of drug-likeness (QED) is 0.622. The first-order valence-corrected chi connectivity index (χ1v) is 10.6. The Hall–Kier alpha value is -2.75. The Morgan fingerprint density at radius 2 is 1.90 bits per heavy atom. The molecule has 1 aliphatic rings. The van der Waals surface area contributed by atoms with Crippen LogP contribution in [0.2, 0.25) is 0 Å². The number of amides is 2. The van der Waals surface area contributed by atoms with Crippen LogP contribution in [0.15, 0.2) is 29.4 Å². The summed E-state index contributed by atoms with van der Waals surface area (Å²) in [5.41, 5.74) is 0.828. The lowest BCUT2D eigenvalue weighted by molar-refractivity contribution is -0.124. The number of nitrogens with zero attached hydrogens (tertiary/aromatic N) is 4. The Bertz CT molecular complexity index is 850. The number of hydrogen-bond donors (Lipinski definition) is 2. The van der Waals surface area contributed by atoms with Crippen molar-refractivity contribution in [2.75, 3.05) is 44.4 Å². The molecule has 0 aliphatic carbocycles. The van der Waals surface area contributed by atoms with Crippen molar-refractivity contribution in [2.24, 2.45) is 0 Å². The number of nitrogens with one attached hydrogen (secondary N) is 2. The maximum atomic E-state index is 12.1. The molecule has 2 heterocycles. The highest BCUT2D eigenvalue weighted by molar-refractivity contribution is 7.99. The Labute approximate surface area is 174 Å². The van der Waals surface area contributed by atoms with E-state index >= 15 is 0 Å². The van der Waals surface area contributed by atoms with Crippen LogP contribution < -0.4 is 20.3 Å². The van der Waals surface area contributed by atoms with Gasteiger partial charge < -0.3 is 20.3 Å². The van der Waals surface area contributed by atoms with E-state index < -0.39 is 0 Å². The van der Waals surface area contributed by atoms with E-state index in [-0.39, 0.29) is 24.1 Å².